The summed E-state index contributed by atoms with van der Waals surface area (Å²) in [6, 6.07) is 18.0. The van der Waals surface area contributed by atoms with Crippen molar-refractivity contribution >= 4 is 11.6 Å². The van der Waals surface area contributed by atoms with Crippen molar-refractivity contribution in [1.29, 1.82) is 0 Å². The van der Waals surface area contributed by atoms with Gasteiger partial charge in [0.05, 0.1) is 0 Å². The third-order valence-corrected chi connectivity index (χ3v) is 4.24. The Labute approximate surface area is 126 Å². The number of nitrogens with one attached hydrogen (secondary N) is 1. The van der Waals surface area contributed by atoms with E-state index in [-0.39, 0.29) is 0 Å². The minimum Gasteiger partial charge on any atom is -0.311 e. The number of rotatable bonds is 4. The second kappa shape index (κ2) is 5.99. The number of hydrogen-bond donors (Lipinski definition) is 1. The minimum absolute atomic E-state index is 0.466. The van der Waals surface area contributed by atoms with Gasteiger partial charge in [0.2, 0.25) is 0 Å². The maximum atomic E-state index is 6.04. The summed E-state index contributed by atoms with van der Waals surface area (Å²) < 4.78 is 0. The molecule has 0 radical (unpaired) electrons. The zero-order valence-corrected chi connectivity index (χ0v) is 12.5. The second-order valence-corrected chi connectivity index (χ2v) is 6.21. The molecule has 1 nitrogen and oxygen atoms in total. The van der Waals surface area contributed by atoms with Crippen molar-refractivity contribution in [3.05, 3.63) is 70.2 Å². The summed E-state index contributed by atoms with van der Waals surface area (Å²) in [5, 5.41) is 4.57. The van der Waals surface area contributed by atoms with Gasteiger partial charge in [-0.3, -0.25) is 0 Å². The summed E-state index contributed by atoms with van der Waals surface area (Å²) in [4.78, 5) is 0. The maximum absolute atomic E-state index is 6.04. The van der Waals surface area contributed by atoms with E-state index in [4.69, 9.17) is 11.6 Å². The van der Waals surface area contributed by atoms with Crippen LogP contribution in [-0.4, -0.2) is 12.1 Å². The molecule has 2 aromatic rings. The Morgan fingerprint density at radius 3 is 2.45 bits per heavy atom. The molecule has 0 fully saturated rings. The zero-order valence-electron chi connectivity index (χ0n) is 11.8. The molecule has 1 N–H and O–H groups in total. The largest absolute Gasteiger partial charge is 0.311 e. The van der Waals surface area contributed by atoms with Gasteiger partial charge in [0.1, 0.15) is 0 Å². The average molecular weight is 286 g/mol. The fourth-order valence-corrected chi connectivity index (χ4v) is 3.37. The Bertz CT molecular complexity index is 568. The number of hydrogen-bond acceptors (Lipinski definition) is 1. The van der Waals surface area contributed by atoms with E-state index >= 15 is 0 Å². The third-order valence-electron chi connectivity index (χ3n) is 4.00. The molecule has 0 spiro atoms. The third kappa shape index (κ3) is 3.23. The van der Waals surface area contributed by atoms with E-state index in [0.29, 0.717) is 12.1 Å². The lowest BCUT2D eigenvalue weighted by Gasteiger charge is -2.19. The van der Waals surface area contributed by atoms with Gasteiger partial charge in [-0.2, -0.15) is 0 Å². The van der Waals surface area contributed by atoms with Gasteiger partial charge in [-0.05, 0) is 55.0 Å². The molecule has 104 valence electrons. The highest BCUT2D eigenvalue weighted by Crippen LogP contribution is 2.22. The van der Waals surface area contributed by atoms with Crippen LogP contribution in [0.15, 0.2) is 48.5 Å². The minimum atomic E-state index is 0.466. The molecule has 1 aliphatic rings. The van der Waals surface area contributed by atoms with Crippen molar-refractivity contribution in [2.45, 2.75) is 38.3 Å². The van der Waals surface area contributed by atoms with Crippen molar-refractivity contribution in [1.82, 2.24) is 5.32 Å². The van der Waals surface area contributed by atoms with Crippen LogP contribution in [0.5, 0.6) is 0 Å². The second-order valence-electron chi connectivity index (χ2n) is 5.78. The molecule has 3 rings (SSSR count). The van der Waals surface area contributed by atoms with Crippen molar-refractivity contribution in [2.75, 3.05) is 0 Å². The summed E-state index contributed by atoms with van der Waals surface area (Å²) in [7, 11) is 0. The molecule has 0 aromatic heterocycles. The number of halogens is 1. The van der Waals surface area contributed by atoms with Gasteiger partial charge in [-0.25, -0.2) is 0 Å². The average Bonchev–Trinajstić information content (AvgIpc) is 2.80. The summed E-state index contributed by atoms with van der Waals surface area (Å²) in [6.45, 7) is 2.25. The molecular weight excluding hydrogens is 266 g/mol. The fourth-order valence-electron chi connectivity index (χ4n) is 3.16. The van der Waals surface area contributed by atoms with E-state index in [1.807, 2.05) is 12.1 Å². The Hall–Kier alpha value is -1.31. The van der Waals surface area contributed by atoms with Gasteiger partial charge in [0, 0.05) is 17.1 Å². The van der Waals surface area contributed by atoms with Crippen LogP contribution in [0.1, 0.15) is 23.6 Å². The van der Waals surface area contributed by atoms with Crippen LogP contribution in [0.25, 0.3) is 0 Å². The van der Waals surface area contributed by atoms with Crippen LogP contribution in [0.2, 0.25) is 5.02 Å². The van der Waals surface area contributed by atoms with Crippen LogP contribution in [0, 0.1) is 0 Å². The van der Waals surface area contributed by atoms with Crippen LogP contribution in [0.4, 0.5) is 0 Å². The van der Waals surface area contributed by atoms with Gasteiger partial charge in [0.25, 0.3) is 0 Å². The Morgan fingerprint density at radius 2 is 1.80 bits per heavy atom. The summed E-state index contributed by atoms with van der Waals surface area (Å²) >= 11 is 6.04. The normalized spacial score (nSPS) is 16.1. The molecule has 2 aromatic carbocycles. The first-order chi connectivity index (χ1) is 9.70. The first-order valence-electron chi connectivity index (χ1n) is 7.28. The highest BCUT2D eigenvalue weighted by Gasteiger charge is 2.21. The molecule has 0 aliphatic heterocycles. The van der Waals surface area contributed by atoms with Gasteiger partial charge in [0.15, 0.2) is 0 Å². The Kier molecular flexibility index (Phi) is 4.09. The summed E-state index contributed by atoms with van der Waals surface area (Å²) in [5.41, 5.74) is 4.30. The quantitative estimate of drug-likeness (QED) is 0.894. The molecule has 0 saturated heterocycles. The molecule has 1 aliphatic carbocycles. The molecule has 1 unspecified atom stereocenters. The first-order valence-corrected chi connectivity index (χ1v) is 7.66. The first kappa shape index (κ1) is 13.7. The predicted molar refractivity (Wildman–Crippen MR) is 85.4 cm³/mol. The fraction of sp³-hybridized carbons (Fsp3) is 0.333. The van der Waals surface area contributed by atoms with Gasteiger partial charge < -0.3 is 5.32 Å². The smallest absolute Gasteiger partial charge is 0.0408 e. The summed E-state index contributed by atoms with van der Waals surface area (Å²) in [6.07, 6.45) is 3.32. The molecule has 20 heavy (non-hydrogen) atoms. The molecule has 0 heterocycles. The predicted octanol–water partition coefficient (Wildman–Crippen LogP) is 4.03. The van der Waals surface area contributed by atoms with Crippen molar-refractivity contribution in [3.8, 4) is 0 Å². The number of benzene rings is 2. The van der Waals surface area contributed by atoms with Crippen molar-refractivity contribution in [3.63, 3.8) is 0 Å². The highest BCUT2D eigenvalue weighted by atomic mass is 35.5. The van der Waals surface area contributed by atoms with Gasteiger partial charge >= 0.3 is 0 Å². The van der Waals surface area contributed by atoms with E-state index in [9.17, 15) is 0 Å². The molecular formula is C18H20ClN. The van der Waals surface area contributed by atoms with Crippen LogP contribution in [0.3, 0.4) is 0 Å². The van der Waals surface area contributed by atoms with E-state index in [1.165, 1.54) is 16.7 Å². The van der Waals surface area contributed by atoms with Crippen LogP contribution >= 0.6 is 11.6 Å². The topological polar surface area (TPSA) is 12.0 Å². The van der Waals surface area contributed by atoms with Crippen LogP contribution < -0.4 is 5.32 Å². The monoisotopic (exact) mass is 285 g/mol. The maximum Gasteiger partial charge on any atom is 0.0408 e. The lowest BCUT2D eigenvalue weighted by molar-refractivity contribution is 0.454. The molecule has 0 saturated carbocycles. The number of fused-ring (bicyclic) bond motifs is 1. The Balaban J connectivity index is 1.57. The SMILES string of the molecule is CC(Cc1cccc(Cl)c1)NC1Cc2ccccc2C1. The van der Waals surface area contributed by atoms with Crippen molar-refractivity contribution in [2.24, 2.45) is 0 Å². The standard InChI is InChI=1S/C18H20ClN/c1-13(9-14-5-4-8-17(19)10-14)20-18-11-15-6-2-3-7-16(15)12-18/h2-8,10,13,18,20H,9,11-12H2,1H3. The van der Waals surface area contributed by atoms with Gasteiger partial charge in [-0.15, -0.1) is 0 Å². The lowest BCUT2D eigenvalue weighted by Crippen LogP contribution is -2.38. The Morgan fingerprint density at radius 1 is 1.10 bits per heavy atom. The van der Waals surface area contributed by atoms with E-state index < -0.39 is 0 Å². The lowest BCUT2D eigenvalue weighted by atomic mass is 10.1. The van der Waals surface area contributed by atoms with E-state index in [0.717, 1.165) is 24.3 Å². The summed E-state index contributed by atoms with van der Waals surface area (Å²) in [5.74, 6) is 0. The molecule has 1 atom stereocenters. The van der Waals surface area contributed by atoms with Gasteiger partial charge in [-0.1, -0.05) is 48.0 Å². The van der Waals surface area contributed by atoms with E-state index in [1.54, 1.807) is 0 Å². The molecule has 2 heteroatoms. The molecule has 0 amide bonds. The zero-order chi connectivity index (χ0) is 13.9. The van der Waals surface area contributed by atoms with Crippen molar-refractivity contribution < 1.29 is 0 Å². The highest BCUT2D eigenvalue weighted by molar-refractivity contribution is 6.30. The van der Waals surface area contributed by atoms with E-state index in [2.05, 4.69) is 48.6 Å². The van der Waals surface area contributed by atoms with Crippen LogP contribution in [-0.2, 0) is 19.3 Å². The molecule has 0 bridgehead atoms.